The Kier molecular flexibility index (Phi) is 29.1. The van der Waals surface area contributed by atoms with Gasteiger partial charge in [-0.3, -0.25) is 58.0 Å². The van der Waals surface area contributed by atoms with E-state index < -0.39 is 5.60 Å². The number of likely N-dealkylation sites (tertiary alicyclic amines) is 8. The molecule has 492 valence electrons. The predicted octanol–water partition coefficient (Wildman–Crippen LogP) is 6.28. The summed E-state index contributed by atoms with van der Waals surface area (Å²) in [5.74, 6) is 6.44. The number of rotatable bonds is 18. The third kappa shape index (κ3) is 23.2. The fraction of sp³-hybridized carbons (Fsp3) is 0.879. The number of carbonyl (C=O) groups is 8. The van der Waals surface area contributed by atoms with Crippen LogP contribution < -0.4 is 0 Å². The molecular formula is C66H116N8O12. The van der Waals surface area contributed by atoms with E-state index in [2.05, 4.69) is 60.1 Å². The lowest BCUT2D eigenvalue weighted by atomic mass is 9.86. The van der Waals surface area contributed by atoms with Crippen molar-refractivity contribution < 1.29 is 57.3 Å². The highest BCUT2D eigenvalue weighted by Crippen LogP contribution is 2.31. The lowest BCUT2D eigenvalue weighted by Gasteiger charge is -2.42. The third-order valence-electron chi connectivity index (χ3n) is 19.1. The van der Waals surface area contributed by atoms with Gasteiger partial charge in [-0.05, 0) is 140 Å². The maximum absolute atomic E-state index is 12.5. The van der Waals surface area contributed by atoms with Gasteiger partial charge >= 0.3 is 23.9 Å². The fourth-order valence-electron chi connectivity index (χ4n) is 13.3. The molecular weight excluding hydrogens is 1100 g/mol. The van der Waals surface area contributed by atoms with Crippen LogP contribution in [-0.2, 0) is 57.3 Å². The Morgan fingerprint density at radius 2 is 0.628 bits per heavy atom. The molecule has 0 aromatic heterocycles. The van der Waals surface area contributed by atoms with E-state index in [-0.39, 0.29) is 83.8 Å². The molecule has 0 saturated carbocycles. The molecule has 0 spiro atoms. The number of carbonyl (C=O) groups excluding carboxylic acids is 8. The molecule has 20 nitrogen and oxygen atoms in total. The average molecular weight is 1210 g/mol. The summed E-state index contributed by atoms with van der Waals surface area (Å²) in [6.07, 6.45) is 8.93. The average Bonchev–Trinajstić information content (AvgIpc) is 2.09. The minimum Gasteiger partial charge on any atom is -0.468 e. The van der Waals surface area contributed by atoms with E-state index in [0.717, 1.165) is 127 Å². The van der Waals surface area contributed by atoms with Crippen LogP contribution >= 0.6 is 0 Å². The van der Waals surface area contributed by atoms with Crippen LogP contribution in [0.2, 0.25) is 0 Å². The number of hydrogen-bond acceptors (Lipinski definition) is 16. The number of hydrogen-bond donors (Lipinski definition) is 0. The zero-order chi connectivity index (χ0) is 63.6. The van der Waals surface area contributed by atoms with Gasteiger partial charge in [0.2, 0.25) is 23.6 Å². The molecule has 8 aliphatic heterocycles. The first-order valence-corrected chi connectivity index (χ1v) is 33.2. The van der Waals surface area contributed by atoms with E-state index in [1.54, 1.807) is 6.92 Å². The van der Waals surface area contributed by atoms with E-state index >= 15 is 0 Å². The van der Waals surface area contributed by atoms with Crippen LogP contribution in [0.5, 0.6) is 0 Å². The van der Waals surface area contributed by atoms with E-state index in [1.807, 2.05) is 73.8 Å². The second kappa shape index (κ2) is 34.5. The van der Waals surface area contributed by atoms with Gasteiger partial charge in [-0.25, -0.2) is 0 Å². The lowest BCUT2D eigenvalue weighted by Crippen LogP contribution is -2.57. The van der Waals surface area contributed by atoms with Gasteiger partial charge in [-0.2, -0.15) is 0 Å². The Bertz CT molecular complexity index is 2150. The molecule has 8 rings (SSSR count). The molecule has 0 bridgehead atoms. The summed E-state index contributed by atoms with van der Waals surface area (Å²) in [6.45, 7) is 43.5. The summed E-state index contributed by atoms with van der Waals surface area (Å²) in [4.78, 5) is 112. The Hall–Kier alpha value is -4.40. The van der Waals surface area contributed by atoms with Crippen LogP contribution in [0.1, 0.15) is 148 Å². The van der Waals surface area contributed by atoms with Gasteiger partial charge in [0.1, 0.15) is 5.60 Å². The molecule has 0 N–H and O–H groups in total. The number of esters is 4. The topological polar surface area (TPSA) is 199 Å². The van der Waals surface area contributed by atoms with Crippen LogP contribution in [0.15, 0.2) is 0 Å². The molecule has 4 amide bonds. The highest BCUT2D eigenvalue weighted by atomic mass is 16.6. The molecule has 0 aliphatic carbocycles. The molecule has 0 aromatic carbocycles. The summed E-state index contributed by atoms with van der Waals surface area (Å²) in [5, 5.41) is 0. The molecule has 0 aromatic rings. The maximum atomic E-state index is 12.5. The van der Waals surface area contributed by atoms with Gasteiger partial charge in [0.25, 0.3) is 0 Å². The van der Waals surface area contributed by atoms with Gasteiger partial charge in [0.15, 0.2) is 0 Å². The van der Waals surface area contributed by atoms with E-state index in [0.29, 0.717) is 102 Å². The molecule has 86 heavy (non-hydrogen) atoms. The molecule has 8 aliphatic rings. The van der Waals surface area contributed by atoms with Crippen molar-refractivity contribution in [3.05, 3.63) is 0 Å². The van der Waals surface area contributed by atoms with Gasteiger partial charge in [-0.15, -0.1) is 0 Å². The van der Waals surface area contributed by atoms with Crippen molar-refractivity contribution in [2.75, 3.05) is 145 Å². The minimum absolute atomic E-state index is 0.0630. The van der Waals surface area contributed by atoms with E-state index in [9.17, 15) is 38.4 Å². The van der Waals surface area contributed by atoms with Crippen molar-refractivity contribution in [2.24, 2.45) is 71.0 Å². The summed E-state index contributed by atoms with van der Waals surface area (Å²) >= 11 is 0. The van der Waals surface area contributed by atoms with Crippen LogP contribution in [0.4, 0.5) is 0 Å². The number of methoxy groups -OCH3 is 1. The highest BCUT2D eigenvalue weighted by Gasteiger charge is 2.42. The van der Waals surface area contributed by atoms with Gasteiger partial charge in [0.05, 0.1) is 69.7 Å². The Morgan fingerprint density at radius 1 is 0.384 bits per heavy atom. The monoisotopic (exact) mass is 1210 g/mol. The summed E-state index contributed by atoms with van der Waals surface area (Å²) in [6, 6.07) is 0. The van der Waals surface area contributed by atoms with Crippen molar-refractivity contribution in [1.29, 1.82) is 0 Å². The number of nitrogens with zero attached hydrogens (tertiary/aromatic N) is 8. The van der Waals surface area contributed by atoms with E-state index in [4.69, 9.17) is 14.2 Å². The van der Waals surface area contributed by atoms with E-state index in [1.165, 1.54) is 7.11 Å². The Morgan fingerprint density at radius 3 is 0.849 bits per heavy atom. The molecule has 8 fully saturated rings. The maximum Gasteiger partial charge on any atom is 0.320 e. The molecule has 0 atom stereocenters. The first kappa shape index (κ1) is 72.3. The quantitative estimate of drug-likeness (QED) is 0.110. The van der Waals surface area contributed by atoms with Crippen molar-refractivity contribution >= 4 is 47.5 Å². The number of piperidine rings is 4. The minimum atomic E-state index is -0.447. The predicted molar refractivity (Wildman–Crippen MR) is 332 cm³/mol. The summed E-state index contributed by atoms with van der Waals surface area (Å²) < 4.78 is 20.0. The lowest BCUT2D eigenvalue weighted by molar-refractivity contribution is -0.160. The summed E-state index contributed by atoms with van der Waals surface area (Å²) in [7, 11) is 1.39. The Labute approximate surface area is 517 Å². The van der Waals surface area contributed by atoms with Crippen LogP contribution in [0, 0.1) is 71.0 Å². The highest BCUT2D eigenvalue weighted by molar-refractivity contribution is 5.83. The van der Waals surface area contributed by atoms with Gasteiger partial charge in [0, 0.05) is 105 Å². The SMILES string of the molecule is CC(C)C1CCN(C(=O)C2CN(CC(=O)OC(C)(C)C)C2)CC1.CC(C)OC(=O)CN1CC(C(=O)N2CCC(C(C)C)CC2)C1.CCOC(=O)CN1CC(C(=O)N2CCC(C(C)C)CC2)C1.COC(=O)CN1CC(C(=O)N2CCC(C(C)C)CC2)C1. The third-order valence-corrected chi connectivity index (χ3v) is 19.1. The zero-order valence-corrected chi connectivity index (χ0v) is 56.0. The fourth-order valence-corrected chi connectivity index (χ4v) is 13.3. The Balaban J connectivity index is 0.000000210. The van der Waals surface area contributed by atoms with Crippen LogP contribution in [-0.4, -0.2) is 243 Å². The van der Waals surface area contributed by atoms with Crippen LogP contribution in [0.3, 0.4) is 0 Å². The summed E-state index contributed by atoms with van der Waals surface area (Å²) in [5.41, 5.74) is -0.447. The largest absolute Gasteiger partial charge is 0.468 e. The number of amides is 4. The normalized spacial score (nSPS) is 21.5. The zero-order valence-electron chi connectivity index (χ0n) is 56.0. The van der Waals surface area contributed by atoms with Crippen molar-refractivity contribution in [3.8, 4) is 0 Å². The second-order valence-electron chi connectivity index (χ2n) is 28.7. The smallest absolute Gasteiger partial charge is 0.320 e. The van der Waals surface area contributed by atoms with Crippen molar-refractivity contribution in [2.45, 2.75) is 160 Å². The van der Waals surface area contributed by atoms with Crippen molar-refractivity contribution in [3.63, 3.8) is 0 Å². The molecule has 0 unspecified atom stereocenters. The molecule has 8 saturated heterocycles. The molecule has 0 radical (unpaired) electrons. The standard InChI is InChI=1S/C18H32N2O3.C17H30N2O3.C16H28N2O3.C15H26N2O3/c1-13(2)14-6-8-20(9-7-14)17(22)15-10-19(11-15)12-16(21)23-18(3,4)5;1-12(2)14-5-7-19(8-6-14)17(21)15-9-18(10-15)11-16(20)22-13(3)4;1-4-21-15(19)11-17-9-14(10-17)16(20)18-7-5-13(6-8-18)12(2)3;1-11(2)12-4-6-17(7-5-12)15(19)13-8-16(9-13)10-14(18)20-3/h13-15H,6-12H2,1-5H3;12-15H,5-11H2,1-4H3;12-14H,4-11H2,1-3H3;11-13H,4-10H2,1-3H3. The van der Waals surface area contributed by atoms with Gasteiger partial charge < -0.3 is 38.5 Å². The molecule has 8 heterocycles. The first-order valence-electron chi connectivity index (χ1n) is 33.2. The second-order valence-corrected chi connectivity index (χ2v) is 28.7. The van der Waals surface area contributed by atoms with Crippen molar-refractivity contribution in [1.82, 2.24) is 39.2 Å². The first-order chi connectivity index (χ1) is 40.5. The molecule has 20 heteroatoms. The van der Waals surface area contributed by atoms with Crippen LogP contribution in [0.25, 0.3) is 0 Å². The van der Waals surface area contributed by atoms with Gasteiger partial charge in [-0.1, -0.05) is 55.4 Å². The number of ether oxygens (including phenoxy) is 4.